The van der Waals surface area contributed by atoms with E-state index in [2.05, 4.69) is 40.7 Å². The maximum Gasteiger partial charge on any atom is 0.251 e. The zero-order valence-electron chi connectivity index (χ0n) is 18.1. The van der Waals surface area contributed by atoms with Crippen molar-refractivity contribution in [1.29, 1.82) is 0 Å². The molecule has 1 atom stereocenters. The van der Waals surface area contributed by atoms with Crippen LogP contribution >= 0.6 is 0 Å². The van der Waals surface area contributed by atoms with E-state index in [1.165, 1.54) is 5.56 Å². The number of ether oxygens (including phenoxy) is 2. The van der Waals surface area contributed by atoms with E-state index in [0.29, 0.717) is 18.7 Å². The largest absolute Gasteiger partial charge is 0.491 e. The SMILES string of the molecule is Cc1cc(C)n(-c2ccc(CCNC(=O)c3ccc(OCC4CCCO4)cc3)cc2)n1. The van der Waals surface area contributed by atoms with Crippen LogP contribution in [0.15, 0.2) is 54.6 Å². The topological polar surface area (TPSA) is 65.4 Å². The summed E-state index contributed by atoms with van der Waals surface area (Å²) in [6.45, 7) is 6.00. The van der Waals surface area contributed by atoms with Crippen molar-refractivity contribution < 1.29 is 14.3 Å². The zero-order valence-corrected chi connectivity index (χ0v) is 18.1. The molecule has 1 N–H and O–H groups in total. The van der Waals surface area contributed by atoms with Gasteiger partial charge in [-0.3, -0.25) is 4.79 Å². The molecule has 6 heteroatoms. The molecule has 1 aromatic heterocycles. The molecule has 162 valence electrons. The van der Waals surface area contributed by atoms with Crippen molar-refractivity contribution in [3.05, 3.63) is 77.1 Å². The second-order valence-corrected chi connectivity index (χ2v) is 7.98. The number of aryl methyl sites for hydroxylation is 2. The fourth-order valence-electron chi connectivity index (χ4n) is 3.78. The van der Waals surface area contributed by atoms with Gasteiger partial charge < -0.3 is 14.8 Å². The Labute approximate surface area is 183 Å². The number of carbonyl (C=O) groups excluding carboxylic acids is 1. The predicted molar refractivity (Wildman–Crippen MR) is 120 cm³/mol. The third-order valence-electron chi connectivity index (χ3n) is 5.47. The van der Waals surface area contributed by atoms with E-state index in [9.17, 15) is 4.79 Å². The fraction of sp³-hybridized carbons (Fsp3) is 0.360. The summed E-state index contributed by atoms with van der Waals surface area (Å²) in [5.74, 6) is 0.680. The first-order valence-corrected chi connectivity index (χ1v) is 10.8. The number of carbonyl (C=O) groups is 1. The molecule has 1 aliphatic rings. The normalized spacial score (nSPS) is 15.7. The van der Waals surface area contributed by atoms with Crippen LogP contribution in [-0.2, 0) is 11.2 Å². The summed E-state index contributed by atoms with van der Waals surface area (Å²) in [7, 11) is 0. The van der Waals surface area contributed by atoms with Crippen molar-refractivity contribution in [3.63, 3.8) is 0 Å². The van der Waals surface area contributed by atoms with E-state index in [1.807, 2.05) is 30.7 Å². The average molecular weight is 420 g/mol. The Morgan fingerprint density at radius 1 is 1.16 bits per heavy atom. The Bertz CT molecular complexity index is 1000. The van der Waals surface area contributed by atoms with Crippen LogP contribution in [0.5, 0.6) is 5.75 Å². The summed E-state index contributed by atoms with van der Waals surface area (Å²) in [6, 6.07) is 17.6. The number of hydrogen-bond donors (Lipinski definition) is 1. The first-order chi connectivity index (χ1) is 15.1. The number of benzene rings is 2. The average Bonchev–Trinajstić information content (AvgIpc) is 3.42. The Hall–Kier alpha value is -3.12. The number of aromatic nitrogens is 2. The highest BCUT2D eigenvalue weighted by molar-refractivity contribution is 5.94. The van der Waals surface area contributed by atoms with Crippen LogP contribution in [0.1, 0.15) is 40.2 Å². The first kappa shape index (κ1) is 21.1. The molecule has 4 rings (SSSR count). The summed E-state index contributed by atoms with van der Waals surface area (Å²) >= 11 is 0. The van der Waals surface area contributed by atoms with Gasteiger partial charge in [-0.15, -0.1) is 0 Å². The molecule has 0 radical (unpaired) electrons. The van der Waals surface area contributed by atoms with Crippen molar-refractivity contribution in [2.75, 3.05) is 19.8 Å². The molecule has 0 bridgehead atoms. The van der Waals surface area contributed by atoms with E-state index in [0.717, 1.165) is 48.7 Å². The molecule has 1 amide bonds. The predicted octanol–water partition coefficient (Wildman–Crippen LogP) is 4.02. The minimum Gasteiger partial charge on any atom is -0.491 e. The monoisotopic (exact) mass is 419 g/mol. The molecule has 2 heterocycles. The third-order valence-corrected chi connectivity index (χ3v) is 5.47. The van der Waals surface area contributed by atoms with Crippen molar-refractivity contribution in [1.82, 2.24) is 15.1 Å². The molecule has 1 fully saturated rings. The Balaban J connectivity index is 1.23. The minimum atomic E-state index is -0.0788. The molecule has 1 aliphatic heterocycles. The van der Waals surface area contributed by atoms with Crippen molar-refractivity contribution in [2.24, 2.45) is 0 Å². The van der Waals surface area contributed by atoms with Gasteiger partial charge in [0, 0.05) is 24.4 Å². The number of nitrogens with one attached hydrogen (secondary N) is 1. The lowest BCUT2D eigenvalue weighted by atomic mass is 10.1. The van der Waals surface area contributed by atoms with Gasteiger partial charge in [-0.2, -0.15) is 5.10 Å². The standard InChI is InChI=1S/C25H29N3O3/c1-18-16-19(2)28(27-18)22-9-5-20(6-10-22)13-14-26-25(29)21-7-11-23(12-8-21)31-17-24-4-3-15-30-24/h5-12,16,24H,3-4,13-15,17H2,1-2H3,(H,26,29). The molecular formula is C25H29N3O3. The van der Waals surface area contributed by atoms with Crippen LogP contribution in [0, 0.1) is 13.8 Å². The van der Waals surface area contributed by atoms with E-state index in [-0.39, 0.29) is 12.0 Å². The highest BCUT2D eigenvalue weighted by Gasteiger charge is 2.16. The highest BCUT2D eigenvalue weighted by atomic mass is 16.5. The molecule has 2 aromatic carbocycles. The zero-order chi connectivity index (χ0) is 21.6. The third kappa shape index (κ3) is 5.52. The molecule has 31 heavy (non-hydrogen) atoms. The second kappa shape index (κ2) is 9.79. The molecule has 0 aliphatic carbocycles. The van der Waals surface area contributed by atoms with Crippen LogP contribution in [0.4, 0.5) is 0 Å². The summed E-state index contributed by atoms with van der Waals surface area (Å²) in [4.78, 5) is 12.4. The molecule has 0 saturated carbocycles. The molecule has 3 aromatic rings. The lowest BCUT2D eigenvalue weighted by molar-refractivity contribution is 0.0679. The van der Waals surface area contributed by atoms with Crippen LogP contribution in [0.3, 0.4) is 0 Å². The molecule has 1 saturated heterocycles. The fourth-order valence-corrected chi connectivity index (χ4v) is 3.78. The van der Waals surface area contributed by atoms with E-state index >= 15 is 0 Å². The van der Waals surface area contributed by atoms with Crippen LogP contribution in [0.25, 0.3) is 5.69 Å². The van der Waals surface area contributed by atoms with Gasteiger partial charge in [0.15, 0.2) is 0 Å². The summed E-state index contributed by atoms with van der Waals surface area (Å²) in [6.07, 6.45) is 3.10. The van der Waals surface area contributed by atoms with Gasteiger partial charge >= 0.3 is 0 Å². The highest BCUT2D eigenvalue weighted by Crippen LogP contribution is 2.17. The van der Waals surface area contributed by atoms with Crippen molar-refractivity contribution >= 4 is 5.91 Å². The van der Waals surface area contributed by atoms with Crippen LogP contribution in [0.2, 0.25) is 0 Å². The number of amides is 1. The van der Waals surface area contributed by atoms with Crippen LogP contribution < -0.4 is 10.1 Å². The van der Waals surface area contributed by atoms with Gasteiger partial charge in [-0.05, 0) is 81.1 Å². The quantitative estimate of drug-likeness (QED) is 0.599. The van der Waals surface area contributed by atoms with Gasteiger partial charge in [0.1, 0.15) is 12.4 Å². The number of nitrogens with zero attached hydrogens (tertiary/aromatic N) is 2. The maximum atomic E-state index is 12.4. The van der Waals surface area contributed by atoms with Gasteiger partial charge in [-0.1, -0.05) is 12.1 Å². The Morgan fingerprint density at radius 2 is 1.94 bits per heavy atom. The van der Waals surface area contributed by atoms with Gasteiger partial charge in [0.2, 0.25) is 0 Å². The molecule has 1 unspecified atom stereocenters. The van der Waals surface area contributed by atoms with Crippen molar-refractivity contribution in [2.45, 2.75) is 39.2 Å². The summed E-state index contributed by atoms with van der Waals surface area (Å²) < 4.78 is 13.2. The van der Waals surface area contributed by atoms with Gasteiger partial charge in [0.25, 0.3) is 5.91 Å². The smallest absolute Gasteiger partial charge is 0.251 e. The molecule has 6 nitrogen and oxygen atoms in total. The van der Waals surface area contributed by atoms with Crippen molar-refractivity contribution in [3.8, 4) is 11.4 Å². The maximum absolute atomic E-state index is 12.4. The lowest BCUT2D eigenvalue weighted by Gasteiger charge is -2.12. The van der Waals surface area contributed by atoms with Crippen LogP contribution in [-0.4, -0.2) is 41.6 Å². The first-order valence-electron chi connectivity index (χ1n) is 10.8. The van der Waals surface area contributed by atoms with E-state index in [4.69, 9.17) is 9.47 Å². The van der Waals surface area contributed by atoms with E-state index < -0.39 is 0 Å². The van der Waals surface area contributed by atoms with Gasteiger partial charge in [-0.25, -0.2) is 4.68 Å². The number of hydrogen-bond acceptors (Lipinski definition) is 4. The molecule has 0 spiro atoms. The van der Waals surface area contributed by atoms with E-state index in [1.54, 1.807) is 12.1 Å². The van der Waals surface area contributed by atoms with Gasteiger partial charge in [0.05, 0.1) is 17.5 Å². The second-order valence-electron chi connectivity index (χ2n) is 7.98. The Kier molecular flexibility index (Phi) is 6.67. The Morgan fingerprint density at radius 3 is 2.58 bits per heavy atom. The summed E-state index contributed by atoms with van der Waals surface area (Å²) in [5.41, 5.74) is 4.96. The lowest BCUT2D eigenvalue weighted by Crippen LogP contribution is -2.25. The number of rotatable bonds is 8. The summed E-state index contributed by atoms with van der Waals surface area (Å²) in [5, 5.41) is 7.50. The minimum absolute atomic E-state index is 0.0788. The molecular weight excluding hydrogens is 390 g/mol.